The quantitative estimate of drug-likeness (QED) is 0.654. The van der Waals surface area contributed by atoms with Crippen molar-refractivity contribution in [3.63, 3.8) is 0 Å². The van der Waals surface area contributed by atoms with E-state index in [4.69, 9.17) is 4.74 Å². The minimum absolute atomic E-state index is 0.277. The van der Waals surface area contributed by atoms with Crippen LogP contribution in [0.25, 0.3) is 0 Å². The minimum atomic E-state index is -0.516. The highest BCUT2D eigenvalue weighted by Gasteiger charge is 2.09. The molecule has 0 aliphatic rings. The highest BCUT2D eigenvalue weighted by Crippen LogP contribution is 2.20. The molecule has 0 aromatic heterocycles. The molecule has 1 amide bonds. The fraction of sp³-hybridized carbons (Fsp3) is 0.333. The van der Waals surface area contributed by atoms with Gasteiger partial charge >= 0.3 is 5.97 Å². The van der Waals surface area contributed by atoms with Crippen molar-refractivity contribution < 1.29 is 14.3 Å². The second-order valence-electron chi connectivity index (χ2n) is 4.12. The molecule has 0 saturated carbocycles. The number of benzene rings is 1. The van der Waals surface area contributed by atoms with Gasteiger partial charge in [-0.15, -0.1) is 0 Å². The van der Waals surface area contributed by atoms with Gasteiger partial charge in [0.15, 0.2) is 6.61 Å². The van der Waals surface area contributed by atoms with Crippen molar-refractivity contribution in [3.8, 4) is 0 Å². The molecule has 1 N–H and O–H groups in total. The minimum Gasteiger partial charge on any atom is -0.452 e. The van der Waals surface area contributed by atoms with Gasteiger partial charge in [-0.3, -0.25) is 4.79 Å². The number of anilines is 1. The summed E-state index contributed by atoms with van der Waals surface area (Å²) in [6, 6.07) is 5.85. The van der Waals surface area contributed by atoms with Crippen molar-refractivity contribution in [2.45, 2.75) is 27.2 Å². The molecule has 4 nitrogen and oxygen atoms in total. The third kappa shape index (κ3) is 4.58. The van der Waals surface area contributed by atoms with Crippen molar-refractivity contribution in [3.05, 3.63) is 41.5 Å². The lowest BCUT2D eigenvalue weighted by Crippen LogP contribution is -2.21. The first kappa shape index (κ1) is 15.0. The topological polar surface area (TPSA) is 55.4 Å². The van der Waals surface area contributed by atoms with E-state index < -0.39 is 5.97 Å². The van der Waals surface area contributed by atoms with E-state index in [2.05, 4.69) is 5.32 Å². The fourth-order valence-corrected chi connectivity index (χ4v) is 1.70. The molecular formula is C15H19NO3. The van der Waals surface area contributed by atoms with E-state index >= 15 is 0 Å². The fourth-order valence-electron chi connectivity index (χ4n) is 1.70. The van der Waals surface area contributed by atoms with Gasteiger partial charge in [0.05, 0.1) is 0 Å². The van der Waals surface area contributed by atoms with E-state index in [1.54, 1.807) is 13.0 Å². The van der Waals surface area contributed by atoms with Crippen LogP contribution in [0.2, 0.25) is 0 Å². The zero-order valence-electron chi connectivity index (χ0n) is 11.5. The third-order valence-electron chi connectivity index (χ3n) is 2.65. The summed E-state index contributed by atoms with van der Waals surface area (Å²) in [6.45, 7) is 5.39. The number of carbonyl (C=O) groups is 2. The van der Waals surface area contributed by atoms with Crippen molar-refractivity contribution in [1.29, 1.82) is 0 Å². The van der Waals surface area contributed by atoms with Crippen LogP contribution in [0.15, 0.2) is 30.4 Å². The molecular weight excluding hydrogens is 242 g/mol. The summed E-state index contributed by atoms with van der Waals surface area (Å²) in [6.07, 6.45) is 3.67. The van der Waals surface area contributed by atoms with Crippen LogP contribution in [0, 0.1) is 6.92 Å². The summed E-state index contributed by atoms with van der Waals surface area (Å²) in [4.78, 5) is 22.8. The summed E-state index contributed by atoms with van der Waals surface area (Å²) in [5.74, 6) is -0.847. The molecule has 1 rings (SSSR count). The summed E-state index contributed by atoms with van der Waals surface area (Å²) >= 11 is 0. The van der Waals surface area contributed by atoms with E-state index in [-0.39, 0.29) is 12.5 Å². The van der Waals surface area contributed by atoms with E-state index in [0.717, 1.165) is 23.2 Å². The van der Waals surface area contributed by atoms with Gasteiger partial charge in [-0.05, 0) is 31.4 Å². The van der Waals surface area contributed by atoms with E-state index in [9.17, 15) is 9.59 Å². The molecule has 0 aliphatic carbocycles. The molecule has 4 heteroatoms. The zero-order chi connectivity index (χ0) is 14.3. The molecule has 0 bridgehead atoms. The summed E-state index contributed by atoms with van der Waals surface area (Å²) < 4.78 is 4.79. The van der Waals surface area contributed by atoms with Crippen LogP contribution in [0.1, 0.15) is 25.0 Å². The Morgan fingerprint density at radius 1 is 1.37 bits per heavy atom. The molecule has 102 valence electrons. The predicted octanol–water partition coefficient (Wildman–Crippen LogP) is 2.62. The normalized spacial score (nSPS) is 10.5. The van der Waals surface area contributed by atoms with Crippen LogP contribution in [0.4, 0.5) is 5.69 Å². The average Bonchev–Trinajstić information content (AvgIpc) is 2.39. The molecule has 0 unspecified atom stereocenters. The summed E-state index contributed by atoms with van der Waals surface area (Å²) in [5.41, 5.74) is 2.86. The number of amides is 1. The lowest BCUT2D eigenvalue weighted by atomic mass is 10.1. The second kappa shape index (κ2) is 7.36. The lowest BCUT2D eigenvalue weighted by Gasteiger charge is -2.12. The number of para-hydroxylation sites is 1. The maximum Gasteiger partial charge on any atom is 0.330 e. The van der Waals surface area contributed by atoms with Gasteiger partial charge in [0.25, 0.3) is 5.91 Å². The number of esters is 1. The maximum atomic E-state index is 11.7. The number of ether oxygens (including phenoxy) is 1. The lowest BCUT2D eigenvalue weighted by molar-refractivity contribution is -0.142. The molecule has 0 spiro atoms. The third-order valence-corrected chi connectivity index (χ3v) is 2.65. The number of hydrogen-bond acceptors (Lipinski definition) is 3. The van der Waals surface area contributed by atoms with Crippen LogP contribution >= 0.6 is 0 Å². The van der Waals surface area contributed by atoms with E-state index in [1.807, 2.05) is 32.0 Å². The molecule has 0 heterocycles. The Labute approximate surface area is 113 Å². The molecule has 1 aromatic rings. The Kier molecular flexibility index (Phi) is 5.79. The van der Waals surface area contributed by atoms with Gasteiger partial charge in [0.2, 0.25) is 0 Å². The molecule has 1 aromatic carbocycles. The van der Waals surface area contributed by atoms with Crippen LogP contribution in [-0.2, 0) is 20.7 Å². The first-order chi connectivity index (χ1) is 9.08. The van der Waals surface area contributed by atoms with Gasteiger partial charge in [-0.1, -0.05) is 31.2 Å². The number of hydrogen-bond donors (Lipinski definition) is 1. The van der Waals surface area contributed by atoms with Crippen molar-refractivity contribution in [2.75, 3.05) is 11.9 Å². The predicted molar refractivity (Wildman–Crippen MR) is 75.0 cm³/mol. The van der Waals surface area contributed by atoms with E-state index in [0.29, 0.717) is 0 Å². The second-order valence-corrected chi connectivity index (χ2v) is 4.12. The molecule has 19 heavy (non-hydrogen) atoms. The smallest absolute Gasteiger partial charge is 0.330 e. The SMILES string of the molecule is C/C=C/C(=O)OCC(=O)Nc1c(C)cccc1CC. The maximum absolute atomic E-state index is 11.7. The number of rotatable bonds is 5. The first-order valence-electron chi connectivity index (χ1n) is 6.26. The largest absolute Gasteiger partial charge is 0.452 e. The van der Waals surface area contributed by atoms with Gasteiger partial charge in [-0.25, -0.2) is 4.79 Å². The van der Waals surface area contributed by atoms with Crippen LogP contribution in [0.3, 0.4) is 0 Å². The summed E-state index contributed by atoms with van der Waals surface area (Å²) in [5, 5.41) is 2.79. The monoisotopic (exact) mass is 261 g/mol. The zero-order valence-corrected chi connectivity index (χ0v) is 11.5. The standard InChI is InChI=1S/C15H19NO3/c1-4-7-14(18)19-10-13(17)16-15-11(3)8-6-9-12(15)5-2/h4,6-9H,5,10H2,1-3H3,(H,16,17)/b7-4+. The first-order valence-corrected chi connectivity index (χ1v) is 6.26. The average molecular weight is 261 g/mol. The molecule has 0 radical (unpaired) electrons. The highest BCUT2D eigenvalue weighted by atomic mass is 16.5. The highest BCUT2D eigenvalue weighted by molar-refractivity contribution is 5.95. The Balaban J connectivity index is 2.65. The Morgan fingerprint density at radius 2 is 2.11 bits per heavy atom. The Morgan fingerprint density at radius 3 is 2.74 bits per heavy atom. The van der Waals surface area contributed by atoms with Gasteiger partial charge in [-0.2, -0.15) is 0 Å². The molecule has 0 aliphatic heterocycles. The molecule has 0 saturated heterocycles. The van der Waals surface area contributed by atoms with Gasteiger partial charge in [0.1, 0.15) is 0 Å². The van der Waals surface area contributed by atoms with Crippen LogP contribution in [0.5, 0.6) is 0 Å². The van der Waals surface area contributed by atoms with Crippen LogP contribution < -0.4 is 5.32 Å². The van der Waals surface area contributed by atoms with Crippen molar-refractivity contribution >= 4 is 17.6 Å². The van der Waals surface area contributed by atoms with Crippen molar-refractivity contribution in [2.24, 2.45) is 0 Å². The molecule has 0 atom stereocenters. The van der Waals surface area contributed by atoms with Crippen LogP contribution in [-0.4, -0.2) is 18.5 Å². The van der Waals surface area contributed by atoms with E-state index in [1.165, 1.54) is 6.08 Å². The van der Waals surface area contributed by atoms with Gasteiger partial charge < -0.3 is 10.1 Å². The Bertz CT molecular complexity index is 492. The molecule has 0 fully saturated rings. The number of nitrogens with one attached hydrogen (secondary N) is 1. The van der Waals surface area contributed by atoms with Crippen molar-refractivity contribution in [1.82, 2.24) is 0 Å². The number of carbonyl (C=O) groups excluding carboxylic acids is 2. The Hall–Kier alpha value is -2.10. The number of aryl methyl sites for hydroxylation is 2. The number of allylic oxidation sites excluding steroid dienone is 1. The van der Waals surface area contributed by atoms with Gasteiger partial charge in [0, 0.05) is 11.8 Å². The summed E-state index contributed by atoms with van der Waals surface area (Å²) in [7, 11) is 0.